The quantitative estimate of drug-likeness (QED) is 0.489. The van der Waals surface area contributed by atoms with Crippen LogP contribution in [0.4, 0.5) is 16.3 Å². The molecule has 0 atom stereocenters. The van der Waals surface area contributed by atoms with Gasteiger partial charge in [-0.1, -0.05) is 0 Å². The number of rotatable bonds is 3. The molecule has 1 saturated carbocycles. The van der Waals surface area contributed by atoms with E-state index >= 15 is 0 Å². The Morgan fingerprint density at radius 1 is 1.25 bits per heavy atom. The maximum Gasteiger partial charge on any atom is 1.00 e. The Balaban J connectivity index is 0.00000288. The van der Waals surface area contributed by atoms with Gasteiger partial charge in [0.2, 0.25) is 0 Å². The molecule has 0 bridgehead atoms. The van der Waals surface area contributed by atoms with Gasteiger partial charge in [-0.3, -0.25) is 10.1 Å². The van der Waals surface area contributed by atoms with Crippen molar-refractivity contribution < 1.29 is 43.1 Å². The summed E-state index contributed by atoms with van der Waals surface area (Å²) in [7, 11) is 0. The maximum atomic E-state index is 11.8. The van der Waals surface area contributed by atoms with Crippen molar-refractivity contribution in [3.63, 3.8) is 0 Å². The molecule has 0 saturated heterocycles. The molecule has 0 unspecified atom stereocenters. The molecule has 2 amide bonds. The van der Waals surface area contributed by atoms with E-state index in [4.69, 9.17) is 4.74 Å². The van der Waals surface area contributed by atoms with Crippen molar-refractivity contribution in [2.45, 2.75) is 45.1 Å². The molecule has 1 fully saturated rings. The predicted molar refractivity (Wildman–Crippen MR) is 79.7 cm³/mol. The van der Waals surface area contributed by atoms with Crippen molar-refractivity contribution in [1.29, 1.82) is 0 Å². The second-order valence-electron chi connectivity index (χ2n) is 6.30. The van der Waals surface area contributed by atoms with Crippen LogP contribution in [0.25, 0.3) is 0 Å². The predicted octanol–water partition coefficient (Wildman–Crippen LogP) is -2.00. The van der Waals surface area contributed by atoms with Gasteiger partial charge in [0.05, 0.1) is 11.9 Å². The number of carboxylic acid groups (broad SMARTS) is 1. The Labute approximate surface area is 151 Å². The van der Waals surface area contributed by atoms with Crippen molar-refractivity contribution in [3.8, 4) is 0 Å². The topological polar surface area (TPSA) is 120 Å². The fraction of sp³-hybridized carbons (Fsp3) is 0.467. The largest absolute Gasteiger partial charge is 1.00 e. The molecule has 8 nitrogen and oxygen atoms in total. The summed E-state index contributed by atoms with van der Waals surface area (Å²) in [5, 5.41) is 15.2. The smallest absolute Gasteiger partial charge is 0.540 e. The summed E-state index contributed by atoms with van der Waals surface area (Å²) in [4.78, 5) is 37.5. The van der Waals surface area contributed by atoms with Crippen LogP contribution in [0.3, 0.4) is 0 Å². The second-order valence-corrected chi connectivity index (χ2v) is 6.30. The van der Waals surface area contributed by atoms with Crippen molar-refractivity contribution in [2.75, 3.05) is 10.6 Å². The van der Waals surface area contributed by atoms with Gasteiger partial charge < -0.3 is 20.0 Å². The van der Waals surface area contributed by atoms with Crippen molar-refractivity contribution in [1.82, 2.24) is 4.98 Å². The first-order valence-corrected chi connectivity index (χ1v) is 7.18. The molecule has 0 radical (unpaired) electrons. The zero-order valence-corrected chi connectivity index (χ0v) is 14.1. The van der Waals surface area contributed by atoms with Gasteiger partial charge in [0, 0.05) is 5.56 Å². The van der Waals surface area contributed by atoms with E-state index in [-0.39, 0.29) is 30.5 Å². The summed E-state index contributed by atoms with van der Waals surface area (Å²) in [5.41, 5.74) is 0.328. The van der Waals surface area contributed by atoms with Gasteiger partial charge in [-0.05, 0) is 45.6 Å². The molecule has 1 aromatic heterocycles. The van der Waals surface area contributed by atoms with Gasteiger partial charge in [-0.15, -0.1) is 0 Å². The SMILES string of the molecule is CC(C)(C)OC(=O)Nc1ncc(NC(=O)C(=O)[O-])cc1C1CC1.[Li+]. The van der Waals surface area contributed by atoms with Crippen LogP contribution in [-0.4, -0.2) is 28.6 Å². The molecule has 0 aromatic carbocycles. The van der Waals surface area contributed by atoms with E-state index in [9.17, 15) is 19.5 Å². The third-order valence-corrected chi connectivity index (χ3v) is 3.00. The molecule has 24 heavy (non-hydrogen) atoms. The number of anilines is 2. The molecule has 1 aromatic rings. The number of aromatic nitrogens is 1. The minimum absolute atomic E-state index is 0. The fourth-order valence-electron chi connectivity index (χ4n) is 1.94. The van der Waals surface area contributed by atoms with Gasteiger partial charge in [0.15, 0.2) is 0 Å². The van der Waals surface area contributed by atoms with E-state index in [0.29, 0.717) is 5.82 Å². The van der Waals surface area contributed by atoms with Crippen LogP contribution in [0.15, 0.2) is 12.3 Å². The Morgan fingerprint density at radius 2 is 1.88 bits per heavy atom. The molecule has 9 heteroatoms. The van der Waals surface area contributed by atoms with Gasteiger partial charge in [0.1, 0.15) is 17.4 Å². The maximum absolute atomic E-state index is 11.8. The van der Waals surface area contributed by atoms with Crippen LogP contribution >= 0.6 is 0 Å². The van der Waals surface area contributed by atoms with Gasteiger partial charge in [-0.2, -0.15) is 0 Å². The number of nitrogens with one attached hydrogen (secondary N) is 2. The van der Waals surface area contributed by atoms with Crippen LogP contribution in [-0.2, 0) is 14.3 Å². The van der Waals surface area contributed by atoms with Crippen molar-refractivity contribution in [3.05, 3.63) is 17.8 Å². The monoisotopic (exact) mass is 327 g/mol. The van der Waals surface area contributed by atoms with Crippen LogP contribution in [0, 0.1) is 0 Å². The first kappa shape index (κ1) is 20.0. The van der Waals surface area contributed by atoms with Crippen LogP contribution in [0.1, 0.15) is 45.1 Å². The molecular formula is C15H18LiN3O5. The summed E-state index contributed by atoms with van der Waals surface area (Å²) >= 11 is 0. The minimum Gasteiger partial charge on any atom is -0.540 e. The molecule has 2 N–H and O–H groups in total. The summed E-state index contributed by atoms with van der Waals surface area (Å²) < 4.78 is 5.18. The normalized spacial score (nSPS) is 13.5. The first-order valence-electron chi connectivity index (χ1n) is 7.18. The number of hydrogen-bond donors (Lipinski definition) is 2. The summed E-state index contributed by atoms with van der Waals surface area (Å²) in [6.07, 6.45) is 2.50. The number of carboxylic acids is 1. The number of carbonyl (C=O) groups is 3. The zero-order chi connectivity index (χ0) is 17.2. The molecular weight excluding hydrogens is 309 g/mol. The van der Waals surface area contributed by atoms with E-state index < -0.39 is 23.6 Å². The Morgan fingerprint density at radius 3 is 2.38 bits per heavy atom. The van der Waals surface area contributed by atoms with E-state index in [1.54, 1.807) is 26.8 Å². The van der Waals surface area contributed by atoms with E-state index in [1.165, 1.54) is 6.20 Å². The molecule has 0 aliphatic heterocycles. The third-order valence-electron chi connectivity index (χ3n) is 3.00. The Bertz CT molecular complexity index is 653. The van der Waals surface area contributed by atoms with Crippen LogP contribution in [0.5, 0.6) is 0 Å². The molecule has 1 heterocycles. The molecule has 1 aliphatic rings. The summed E-state index contributed by atoms with van der Waals surface area (Å²) in [6.45, 7) is 5.25. The number of amides is 2. The minimum atomic E-state index is -1.83. The number of pyridine rings is 1. The fourth-order valence-corrected chi connectivity index (χ4v) is 1.94. The van der Waals surface area contributed by atoms with E-state index in [2.05, 4.69) is 15.6 Å². The standard InChI is InChI=1S/C15H19N3O5.Li/c1-15(2,3)23-14(22)18-11-10(8-4-5-8)6-9(7-16-11)17-12(19)13(20)21;/h6-8H,4-5H2,1-3H3,(H,17,19)(H,20,21)(H,16,18,22);/q;+1/p-1. The number of nitrogens with zero attached hydrogens (tertiary/aromatic N) is 1. The van der Waals surface area contributed by atoms with Gasteiger partial charge in [0.25, 0.3) is 5.91 Å². The van der Waals surface area contributed by atoms with Gasteiger partial charge in [-0.25, -0.2) is 9.78 Å². The first-order chi connectivity index (χ1) is 10.7. The average molecular weight is 327 g/mol. The second kappa shape index (κ2) is 7.68. The zero-order valence-electron chi connectivity index (χ0n) is 14.1. The number of carbonyl (C=O) groups excluding carboxylic acids is 3. The Hall–Kier alpha value is -2.04. The summed E-state index contributed by atoms with van der Waals surface area (Å²) in [6, 6.07) is 1.60. The average Bonchev–Trinajstić information content (AvgIpc) is 3.22. The van der Waals surface area contributed by atoms with Crippen molar-refractivity contribution >= 4 is 29.5 Å². The molecule has 0 spiro atoms. The van der Waals surface area contributed by atoms with Gasteiger partial charge >= 0.3 is 25.0 Å². The van der Waals surface area contributed by atoms with Crippen LogP contribution < -0.4 is 34.6 Å². The third kappa shape index (κ3) is 5.87. The number of ether oxygens (including phenoxy) is 1. The van der Waals surface area contributed by atoms with Crippen molar-refractivity contribution in [2.24, 2.45) is 0 Å². The Kier molecular flexibility index (Phi) is 6.41. The number of hydrogen-bond acceptors (Lipinski definition) is 6. The number of aliphatic carboxylic acids is 1. The van der Waals surface area contributed by atoms with E-state index in [0.717, 1.165) is 18.4 Å². The molecule has 124 valence electrons. The molecule has 1 aliphatic carbocycles. The summed E-state index contributed by atoms with van der Waals surface area (Å²) in [5.74, 6) is -2.52. The van der Waals surface area contributed by atoms with Crippen LogP contribution in [0.2, 0.25) is 0 Å². The molecule has 2 rings (SSSR count). The van der Waals surface area contributed by atoms with E-state index in [1.807, 2.05) is 0 Å².